The average Bonchev–Trinajstić information content (AvgIpc) is 2.69. The Morgan fingerprint density at radius 3 is 2.07 bits per heavy atom. The summed E-state index contributed by atoms with van der Waals surface area (Å²) in [5, 5.41) is 2.63. The van der Waals surface area contributed by atoms with Gasteiger partial charge in [-0.1, -0.05) is 19.9 Å². The van der Waals surface area contributed by atoms with E-state index in [1.807, 2.05) is 0 Å². The first-order valence-electron chi connectivity index (χ1n) is 8.61. The van der Waals surface area contributed by atoms with Crippen LogP contribution in [0.4, 0.5) is 5.69 Å². The Kier molecular flexibility index (Phi) is 6.94. The fourth-order valence-electron chi connectivity index (χ4n) is 2.55. The molecule has 0 aliphatic carbocycles. The van der Waals surface area contributed by atoms with Crippen molar-refractivity contribution >= 4 is 31.6 Å². The van der Waals surface area contributed by atoms with E-state index in [2.05, 4.69) is 10.0 Å². The van der Waals surface area contributed by atoms with E-state index >= 15 is 0 Å². The number of anilines is 1. The first kappa shape index (κ1) is 22.0. The van der Waals surface area contributed by atoms with Gasteiger partial charge in [0, 0.05) is 24.3 Å². The summed E-state index contributed by atoms with van der Waals surface area (Å²) in [6, 6.07) is 11.4. The maximum absolute atomic E-state index is 12.5. The van der Waals surface area contributed by atoms with Crippen LogP contribution in [0, 0.1) is 0 Å². The van der Waals surface area contributed by atoms with Crippen molar-refractivity contribution in [2.75, 3.05) is 25.5 Å². The maximum Gasteiger partial charge on any atom is 0.255 e. The highest BCUT2D eigenvalue weighted by molar-refractivity contribution is 7.89. The fourth-order valence-corrected chi connectivity index (χ4v) is 4.78. The van der Waals surface area contributed by atoms with E-state index in [4.69, 9.17) is 0 Å². The molecule has 1 amide bonds. The van der Waals surface area contributed by atoms with Gasteiger partial charge in [0.2, 0.25) is 20.0 Å². The van der Waals surface area contributed by atoms with Crippen molar-refractivity contribution in [1.82, 2.24) is 9.03 Å². The second-order valence-electron chi connectivity index (χ2n) is 5.80. The number of benzene rings is 2. The molecule has 0 atom stereocenters. The lowest BCUT2D eigenvalue weighted by molar-refractivity contribution is 0.102. The largest absolute Gasteiger partial charge is 0.322 e. The Bertz CT molecular complexity index is 1040. The summed E-state index contributed by atoms with van der Waals surface area (Å²) in [5.74, 6) is -0.507. The van der Waals surface area contributed by atoms with Gasteiger partial charge in [-0.25, -0.2) is 21.6 Å². The van der Waals surface area contributed by atoms with Crippen LogP contribution in [0.1, 0.15) is 24.2 Å². The summed E-state index contributed by atoms with van der Waals surface area (Å²) in [6.07, 6.45) is 0. The minimum atomic E-state index is -3.66. The number of carbonyl (C=O) groups is 1. The smallest absolute Gasteiger partial charge is 0.255 e. The van der Waals surface area contributed by atoms with Crippen molar-refractivity contribution in [2.45, 2.75) is 23.6 Å². The van der Waals surface area contributed by atoms with E-state index in [9.17, 15) is 21.6 Å². The Labute approximate surface area is 165 Å². The van der Waals surface area contributed by atoms with E-state index < -0.39 is 26.0 Å². The van der Waals surface area contributed by atoms with Crippen LogP contribution >= 0.6 is 0 Å². The quantitative estimate of drug-likeness (QED) is 0.670. The second kappa shape index (κ2) is 8.82. The summed E-state index contributed by atoms with van der Waals surface area (Å²) < 4.78 is 52.2. The molecule has 0 spiro atoms. The minimum Gasteiger partial charge on any atom is -0.322 e. The maximum atomic E-state index is 12.5. The molecule has 0 unspecified atom stereocenters. The zero-order valence-electron chi connectivity index (χ0n) is 15.8. The van der Waals surface area contributed by atoms with Crippen LogP contribution in [0.5, 0.6) is 0 Å². The van der Waals surface area contributed by atoms with Crippen LogP contribution in [0.3, 0.4) is 0 Å². The lowest BCUT2D eigenvalue weighted by Crippen LogP contribution is -2.30. The third-order valence-corrected chi connectivity index (χ3v) is 7.61. The van der Waals surface area contributed by atoms with Crippen molar-refractivity contribution in [3.8, 4) is 0 Å². The van der Waals surface area contributed by atoms with E-state index in [0.29, 0.717) is 18.8 Å². The number of nitrogens with zero attached hydrogens (tertiary/aromatic N) is 1. The summed E-state index contributed by atoms with van der Waals surface area (Å²) in [7, 11) is -5.95. The number of sulfonamides is 2. The van der Waals surface area contributed by atoms with Crippen LogP contribution in [0.15, 0.2) is 58.3 Å². The molecule has 8 nitrogen and oxygen atoms in total. The molecule has 10 heteroatoms. The molecule has 0 saturated carbocycles. The minimum absolute atomic E-state index is 0.0247. The van der Waals surface area contributed by atoms with Crippen LogP contribution in [0.2, 0.25) is 0 Å². The fraction of sp³-hybridized carbons (Fsp3) is 0.278. The standard InChI is InChI=1S/C18H23N3O5S2/c1-4-21(5-2)28(25,26)16-11-9-15(10-12-16)20-18(22)14-7-6-8-17(13-14)27(23,24)19-3/h6-13,19H,4-5H2,1-3H3,(H,20,22). The van der Waals surface area contributed by atoms with Crippen LogP contribution in [-0.2, 0) is 20.0 Å². The van der Waals surface area contributed by atoms with Gasteiger partial charge in [0.15, 0.2) is 0 Å². The zero-order chi connectivity index (χ0) is 20.9. The summed E-state index contributed by atoms with van der Waals surface area (Å²) in [5.41, 5.74) is 0.557. The molecule has 0 radical (unpaired) electrons. The van der Waals surface area contributed by atoms with E-state index in [1.54, 1.807) is 13.8 Å². The van der Waals surface area contributed by atoms with E-state index in [1.165, 1.54) is 59.9 Å². The number of hydrogen-bond acceptors (Lipinski definition) is 5. The van der Waals surface area contributed by atoms with Crippen molar-refractivity contribution in [1.29, 1.82) is 0 Å². The molecule has 0 saturated heterocycles. The van der Waals surface area contributed by atoms with Gasteiger partial charge in [0.05, 0.1) is 9.79 Å². The highest BCUT2D eigenvalue weighted by atomic mass is 32.2. The number of carbonyl (C=O) groups excluding carboxylic acids is 1. The number of amides is 1. The van der Waals surface area contributed by atoms with Gasteiger partial charge in [0.1, 0.15) is 0 Å². The Hall–Kier alpha value is -2.27. The SMILES string of the molecule is CCN(CC)S(=O)(=O)c1ccc(NC(=O)c2cccc(S(=O)(=O)NC)c2)cc1. The summed E-state index contributed by atoms with van der Waals surface area (Å²) in [6.45, 7) is 4.25. The van der Waals surface area contributed by atoms with Crippen molar-refractivity contribution in [3.05, 3.63) is 54.1 Å². The Morgan fingerprint density at radius 1 is 0.929 bits per heavy atom. The Morgan fingerprint density at radius 2 is 1.54 bits per heavy atom. The zero-order valence-corrected chi connectivity index (χ0v) is 17.5. The Balaban J connectivity index is 2.21. The molecule has 2 N–H and O–H groups in total. The third kappa shape index (κ3) is 4.76. The summed E-state index contributed by atoms with van der Waals surface area (Å²) >= 11 is 0. The molecule has 0 fully saturated rings. The molecule has 152 valence electrons. The first-order valence-corrected chi connectivity index (χ1v) is 11.5. The normalized spacial score (nSPS) is 12.1. The number of rotatable bonds is 8. The summed E-state index contributed by atoms with van der Waals surface area (Å²) in [4.78, 5) is 12.5. The second-order valence-corrected chi connectivity index (χ2v) is 9.63. The first-order chi connectivity index (χ1) is 13.2. The average molecular weight is 426 g/mol. The highest BCUT2D eigenvalue weighted by Gasteiger charge is 2.21. The molecule has 0 heterocycles. The van der Waals surface area contributed by atoms with E-state index in [-0.39, 0.29) is 15.4 Å². The van der Waals surface area contributed by atoms with Crippen LogP contribution < -0.4 is 10.0 Å². The van der Waals surface area contributed by atoms with Gasteiger partial charge >= 0.3 is 0 Å². The molecular weight excluding hydrogens is 402 g/mol. The van der Waals surface area contributed by atoms with Crippen molar-refractivity contribution in [2.24, 2.45) is 0 Å². The van der Waals surface area contributed by atoms with Gasteiger partial charge < -0.3 is 5.32 Å². The lowest BCUT2D eigenvalue weighted by atomic mass is 10.2. The van der Waals surface area contributed by atoms with Gasteiger partial charge in [0.25, 0.3) is 5.91 Å². The van der Waals surface area contributed by atoms with Gasteiger partial charge in [-0.2, -0.15) is 4.31 Å². The predicted octanol–water partition coefficient (Wildman–Crippen LogP) is 1.88. The van der Waals surface area contributed by atoms with E-state index in [0.717, 1.165) is 0 Å². The molecule has 2 rings (SSSR count). The predicted molar refractivity (Wildman–Crippen MR) is 107 cm³/mol. The molecule has 0 bridgehead atoms. The number of nitrogens with one attached hydrogen (secondary N) is 2. The molecule has 2 aromatic carbocycles. The van der Waals surface area contributed by atoms with Gasteiger partial charge in [-0.05, 0) is 49.5 Å². The third-order valence-electron chi connectivity index (χ3n) is 4.13. The van der Waals surface area contributed by atoms with Gasteiger partial charge in [-0.15, -0.1) is 0 Å². The monoisotopic (exact) mass is 425 g/mol. The van der Waals surface area contributed by atoms with Crippen molar-refractivity contribution in [3.63, 3.8) is 0 Å². The number of hydrogen-bond donors (Lipinski definition) is 2. The topological polar surface area (TPSA) is 113 Å². The van der Waals surface area contributed by atoms with Gasteiger partial charge in [-0.3, -0.25) is 4.79 Å². The van der Waals surface area contributed by atoms with Crippen LogP contribution in [0.25, 0.3) is 0 Å². The molecule has 0 aliphatic heterocycles. The molecule has 2 aromatic rings. The molecule has 28 heavy (non-hydrogen) atoms. The lowest BCUT2D eigenvalue weighted by Gasteiger charge is -2.18. The van der Waals surface area contributed by atoms with Crippen LogP contribution in [-0.4, -0.2) is 47.2 Å². The van der Waals surface area contributed by atoms with Crippen molar-refractivity contribution < 1.29 is 21.6 Å². The molecule has 0 aliphatic rings. The molecular formula is C18H23N3O5S2. The molecule has 0 aromatic heterocycles. The highest BCUT2D eigenvalue weighted by Crippen LogP contribution is 2.19.